The summed E-state index contributed by atoms with van der Waals surface area (Å²) in [4.78, 5) is 22.0. The van der Waals surface area contributed by atoms with Crippen LogP contribution in [0.3, 0.4) is 0 Å². The third-order valence-electron chi connectivity index (χ3n) is 4.59. The minimum absolute atomic E-state index is 0.0168. The standard InChI is InChI=1S/C20H19F2N3O3/c1-12-23-17-5-2-13(8-18(17)24-12)20(26)25-6-7-27-15(10-25)11-28-19-9-14(21)3-4-16(19)22/h2-5,8-9,15H,6-7,10-11H2,1H3,(H,23,24). The van der Waals surface area contributed by atoms with Gasteiger partial charge in [0, 0.05) is 18.2 Å². The topological polar surface area (TPSA) is 67.5 Å². The Morgan fingerprint density at radius 1 is 1.32 bits per heavy atom. The fourth-order valence-corrected chi connectivity index (χ4v) is 3.23. The molecule has 1 amide bonds. The van der Waals surface area contributed by atoms with Gasteiger partial charge in [0.05, 0.1) is 24.2 Å². The summed E-state index contributed by atoms with van der Waals surface area (Å²) in [6.07, 6.45) is -0.432. The minimum Gasteiger partial charge on any atom is -0.488 e. The number of hydrogen-bond acceptors (Lipinski definition) is 4. The zero-order chi connectivity index (χ0) is 19.7. The number of aromatic amines is 1. The molecule has 6 nitrogen and oxygen atoms in total. The lowest BCUT2D eigenvalue weighted by molar-refractivity contribution is -0.0406. The first kappa shape index (κ1) is 18.4. The molecule has 0 spiro atoms. The van der Waals surface area contributed by atoms with Gasteiger partial charge in [0.15, 0.2) is 11.6 Å². The highest BCUT2D eigenvalue weighted by Crippen LogP contribution is 2.20. The molecule has 1 fully saturated rings. The third kappa shape index (κ3) is 3.82. The second kappa shape index (κ2) is 7.55. The van der Waals surface area contributed by atoms with Gasteiger partial charge in [-0.2, -0.15) is 0 Å². The molecule has 1 atom stereocenters. The van der Waals surface area contributed by atoms with Gasteiger partial charge in [-0.3, -0.25) is 4.79 Å². The number of aromatic nitrogens is 2. The first-order valence-electron chi connectivity index (χ1n) is 8.95. The summed E-state index contributed by atoms with van der Waals surface area (Å²) in [5.41, 5.74) is 2.16. The van der Waals surface area contributed by atoms with Crippen LogP contribution in [0.1, 0.15) is 16.2 Å². The summed E-state index contributed by atoms with van der Waals surface area (Å²) in [7, 11) is 0. The van der Waals surface area contributed by atoms with Crippen molar-refractivity contribution in [3.05, 3.63) is 59.4 Å². The zero-order valence-corrected chi connectivity index (χ0v) is 15.2. The second-order valence-electron chi connectivity index (χ2n) is 6.68. The highest BCUT2D eigenvalue weighted by molar-refractivity contribution is 5.97. The number of H-pyrrole nitrogens is 1. The molecule has 28 heavy (non-hydrogen) atoms. The molecule has 0 bridgehead atoms. The molecule has 3 aromatic rings. The van der Waals surface area contributed by atoms with Crippen molar-refractivity contribution in [3.63, 3.8) is 0 Å². The third-order valence-corrected chi connectivity index (χ3v) is 4.59. The number of carbonyl (C=O) groups excluding carboxylic acids is 1. The molecule has 0 radical (unpaired) electrons. The van der Waals surface area contributed by atoms with Crippen LogP contribution in [-0.4, -0.2) is 53.2 Å². The van der Waals surface area contributed by atoms with E-state index in [1.807, 2.05) is 6.92 Å². The van der Waals surface area contributed by atoms with E-state index in [1.54, 1.807) is 23.1 Å². The van der Waals surface area contributed by atoms with Crippen molar-refractivity contribution in [2.75, 3.05) is 26.3 Å². The highest BCUT2D eigenvalue weighted by atomic mass is 19.1. The number of amides is 1. The quantitative estimate of drug-likeness (QED) is 0.747. The first-order chi connectivity index (χ1) is 13.5. The Kier molecular flexibility index (Phi) is 4.95. The van der Waals surface area contributed by atoms with Gasteiger partial charge >= 0.3 is 0 Å². The average Bonchev–Trinajstić information content (AvgIpc) is 3.07. The Morgan fingerprint density at radius 2 is 2.18 bits per heavy atom. The highest BCUT2D eigenvalue weighted by Gasteiger charge is 2.26. The van der Waals surface area contributed by atoms with E-state index in [0.717, 1.165) is 35.1 Å². The van der Waals surface area contributed by atoms with Crippen LogP contribution in [0.5, 0.6) is 5.75 Å². The van der Waals surface area contributed by atoms with E-state index in [-0.39, 0.29) is 18.3 Å². The van der Waals surface area contributed by atoms with Gasteiger partial charge in [0.2, 0.25) is 0 Å². The number of imidazole rings is 1. The Bertz CT molecular complexity index is 1020. The van der Waals surface area contributed by atoms with Crippen molar-refractivity contribution in [1.29, 1.82) is 0 Å². The van der Waals surface area contributed by atoms with Crippen molar-refractivity contribution in [3.8, 4) is 5.75 Å². The predicted molar refractivity (Wildman–Crippen MR) is 98.3 cm³/mol. The van der Waals surface area contributed by atoms with Crippen LogP contribution < -0.4 is 4.74 Å². The van der Waals surface area contributed by atoms with E-state index in [9.17, 15) is 13.6 Å². The minimum atomic E-state index is -0.645. The molecule has 0 saturated carbocycles. The second-order valence-corrected chi connectivity index (χ2v) is 6.68. The van der Waals surface area contributed by atoms with Gasteiger partial charge in [-0.1, -0.05) is 0 Å². The lowest BCUT2D eigenvalue weighted by Gasteiger charge is -2.33. The van der Waals surface area contributed by atoms with Crippen molar-refractivity contribution >= 4 is 16.9 Å². The number of benzene rings is 2. The molecular formula is C20H19F2N3O3. The van der Waals surface area contributed by atoms with Crippen molar-refractivity contribution < 1.29 is 23.0 Å². The lowest BCUT2D eigenvalue weighted by atomic mass is 10.1. The van der Waals surface area contributed by atoms with Crippen LogP contribution in [-0.2, 0) is 4.74 Å². The smallest absolute Gasteiger partial charge is 0.254 e. The summed E-state index contributed by atoms with van der Waals surface area (Å²) < 4.78 is 37.9. The fourth-order valence-electron chi connectivity index (χ4n) is 3.23. The number of fused-ring (bicyclic) bond motifs is 1. The number of ether oxygens (including phenoxy) is 2. The summed E-state index contributed by atoms with van der Waals surface area (Å²) in [5, 5.41) is 0. The molecule has 8 heteroatoms. The van der Waals surface area contributed by atoms with E-state index in [4.69, 9.17) is 9.47 Å². The van der Waals surface area contributed by atoms with Crippen LogP contribution in [0.15, 0.2) is 36.4 Å². The number of halogens is 2. The lowest BCUT2D eigenvalue weighted by Crippen LogP contribution is -2.47. The van der Waals surface area contributed by atoms with E-state index in [2.05, 4.69) is 9.97 Å². The van der Waals surface area contributed by atoms with E-state index >= 15 is 0 Å². The zero-order valence-electron chi connectivity index (χ0n) is 15.2. The molecule has 1 N–H and O–H groups in total. The summed E-state index contributed by atoms with van der Waals surface area (Å²) in [6, 6.07) is 8.35. The molecule has 1 aliphatic rings. The van der Waals surface area contributed by atoms with Crippen LogP contribution in [0.4, 0.5) is 8.78 Å². The number of nitrogens with zero attached hydrogens (tertiary/aromatic N) is 2. The molecule has 1 aromatic heterocycles. The van der Waals surface area contributed by atoms with E-state index < -0.39 is 17.7 Å². The Hall–Kier alpha value is -3.00. The maximum absolute atomic E-state index is 13.7. The molecule has 1 saturated heterocycles. The number of rotatable bonds is 4. The number of hydrogen-bond donors (Lipinski definition) is 1. The monoisotopic (exact) mass is 387 g/mol. The number of nitrogens with one attached hydrogen (secondary N) is 1. The van der Waals surface area contributed by atoms with E-state index in [1.165, 1.54) is 0 Å². The fraction of sp³-hybridized carbons (Fsp3) is 0.300. The van der Waals surface area contributed by atoms with Crippen LogP contribution in [0.2, 0.25) is 0 Å². The molecule has 146 valence electrons. The summed E-state index contributed by atoms with van der Waals surface area (Å²) in [6.45, 7) is 2.97. The Labute approximate surface area is 160 Å². The predicted octanol–water partition coefficient (Wildman–Crippen LogP) is 3.07. The normalized spacial score (nSPS) is 17.1. The van der Waals surface area contributed by atoms with Gasteiger partial charge in [-0.15, -0.1) is 0 Å². The molecule has 4 rings (SSSR count). The van der Waals surface area contributed by atoms with Crippen LogP contribution in [0.25, 0.3) is 11.0 Å². The molecule has 1 aliphatic heterocycles. The molecule has 0 aliphatic carbocycles. The number of morpholine rings is 1. The SMILES string of the molecule is Cc1nc2ccc(C(=O)N3CCOC(COc4cc(F)ccc4F)C3)cc2[nH]1. The van der Waals surface area contributed by atoms with Gasteiger partial charge in [0.1, 0.15) is 24.4 Å². The number of carbonyl (C=O) groups is 1. The molecular weight excluding hydrogens is 368 g/mol. The first-order valence-corrected chi connectivity index (χ1v) is 8.95. The van der Waals surface area contributed by atoms with E-state index in [0.29, 0.717) is 25.3 Å². The maximum atomic E-state index is 13.7. The van der Waals surface area contributed by atoms with Gasteiger partial charge in [-0.05, 0) is 37.3 Å². The summed E-state index contributed by atoms with van der Waals surface area (Å²) >= 11 is 0. The van der Waals surface area contributed by atoms with Crippen molar-refractivity contribution in [2.24, 2.45) is 0 Å². The van der Waals surface area contributed by atoms with Crippen molar-refractivity contribution in [2.45, 2.75) is 13.0 Å². The summed E-state index contributed by atoms with van der Waals surface area (Å²) in [5.74, 6) is -0.741. The molecule has 2 aromatic carbocycles. The van der Waals surface area contributed by atoms with Crippen LogP contribution >= 0.6 is 0 Å². The largest absolute Gasteiger partial charge is 0.488 e. The van der Waals surface area contributed by atoms with Crippen LogP contribution in [0, 0.1) is 18.6 Å². The Balaban J connectivity index is 1.42. The maximum Gasteiger partial charge on any atom is 0.254 e. The van der Waals surface area contributed by atoms with Gasteiger partial charge in [0.25, 0.3) is 5.91 Å². The number of aryl methyl sites for hydroxylation is 1. The molecule has 1 unspecified atom stereocenters. The Morgan fingerprint density at radius 3 is 3.04 bits per heavy atom. The average molecular weight is 387 g/mol. The van der Waals surface area contributed by atoms with Crippen molar-refractivity contribution in [1.82, 2.24) is 14.9 Å². The van der Waals surface area contributed by atoms with Gasteiger partial charge < -0.3 is 19.4 Å². The van der Waals surface area contributed by atoms with Gasteiger partial charge in [-0.25, -0.2) is 13.8 Å². The molecule has 2 heterocycles.